The summed E-state index contributed by atoms with van der Waals surface area (Å²) in [5, 5.41) is 13.9. The smallest absolute Gasteiger partial charge is 0.391 e. The molecule has 9 heteroatoms. The summed E-state index contributed by atoms with van der Waals surface area (Å²) in [6.07, 6.45) is 72.5. The van der Waals surface area contributed by atoms with Crippen molar-refractivity contribution in [1.82, 2.24) is 5.32 Å². The van der Waals surface area contributed by atoms with Crippen LogP contribution in [0.4, 0.5) is 0 Å². The van der Waals surface area contributed by atoms with Gasteiger partial charge in [0.15, 0.2) is 0 Å². The van der Waals surface area contributed by atoms with Crippen LogP contribution in [0.5, 0.6) is 0 Å². The standard InChI is InChI=1S/C59H101N2O6P/c1-6-8-10-12-14-16-18-19-20-21-22-23-24-25-26-27-28-29-30-31-32-33-34-35-36-37-38-39-40-41-43-45-47-49-51-53-59(63)60-57(56-67-68(64,65)66-55-54-61(3,4)5)58(62)52-50-48-46-44-42-17-15-13-11-9-7-2/h8,10,14,16,19-20,22-23,25-26,28-29,31-32,34-35,37-38,40-41,57-58,62H,6-7,9,11-13,15,17-18,21,24,27,30,33,36,39,42-56H2,1-5H3,(H-,60,63,64,65)/p+1/b10-8-,16-14-,20-19-,23-22-,26-25-,29-28-,32-31-,35-34-,38-37-,41-40-. The van der Waals surface area contributed by atoms with E-state index >= 15 is 0 Å². The van der Waals surface area contributed by atoms with Crippen molar-refractivity contribution in [3.8, 4) is 0 Å². The maximum absolute atomic E-state index is 12.9. The molecule has 0 fully saturated rings. The normalized spacial score (nSPS) is 15.0. The highest BCUT2D eigenvalue weighted by atomic mass is 31.2. The van der Waals surface area contributed by atoms with Gasteiger partial charge in [0.1, 0.15) is 13.2 Å². The van der Waals surface area contributed by atoms with Crippen LogP contribution >= 0.6 is 7.82 Å². The second-order valence-corrected chi connectivity index (χ2v) is 20.3. The van der Waals surface area contributed by atoms with E-state index in [4.69, 9.17) is 9.05 Å². The molecule has 0 aliphatic carbocycles. The topological polar surface area (TPSA) is 105 Å². The van der Waals surface area contributed by atoms with Crippen LogP contribution in [-0.4, -0.2) is 73.4 Å². The average molecular weight is 966 g/mol. The molecule has 0 aromatic heterocycles. The SMILES string of the molecule is CC/C=C\C/C=C\C/C=C\C/C=C\C/C=C\C/C=C\C/C=C\C/C=C\C/C=C\C/C=C\CCCCCCC(=O)NC(COP(=O)(O)OCC[N+](C)(C)C)C(O)CCCCCCCCCCCCC. The number of likely N-dealkylation sites (N-methyl/N-ethyl adjacent to an activating group) is 1. The molecule has 0 saturated carbocycles. The number of carbonyl (C=O) groups is 1. The van der Waals surface area contributed by atoms with E-state index in [2.05, 4.69) is 141 Å². The molecule has 0 spiro atoms. The molecule has 0 aliphatic heterocycles. The Morgan fingerprint density at radius 1 is 0.515 bits per heavy atom. The van der Waals surface area contributed by atoms with E-state index in [0.717, 1.165) is 116 Å². The Hall–Kier alpha value is -3.10. The van der Waals surface area contributed by atoms with Gasteiger partial charge in [-0.1, -0.05) is 219 Å². The Morgan fingerprint density at radius 3 is 1.29 bits per heavy atom. The number of nitrogens with zero attached hydrogens (tertiary/aromatic N) is 1. The third kappa shape index (κ3) is 50.8. The third-order valence-electron chi connectivity index (χ3n) is 11.2. The summed E-state index contributed by atoms with van der Waals surface area (Å²) in [7, 11) is 1.58. The molecule has 0 saturated heterocycles. The molecule has 0 rings (SSSR count). The average Bonchev–Trinajstić information content (AvgIpc) is 3.30. The quantitative estimate of drug-likeness (QED) is 0.0243. The van der Waals surface area contributed by atoms with Crippen LogP contribution in [-0.2, 0) is 18.4 Å². The van der Waals surface area contributed by atoms with Crippen LogP contribution in [0.1, 0.15) is 194 Å². The van der Waals surface area contributed by atoms with Gasteiger partial charge in [0.25, 0.3) is 0 Å². The summed E-state index contributed by atoms with van der Waals surface area (Å²) in [6.45, 7) is 4.72. The molecule has 0 aromatic rings. The van der Waals surface area contributed by atoms with Crippen LogP contribution in [0.15, 0.2) is 122 Å². The fourth-order valence-corrected chi connectivity index (χ4v) is 7.75. The van der Waals surface area contributed by atoms with Crippen molar-refractivity contribution >= 4 is 13.7 Å². The first-order valence-electron chi connectivity index (χ1n) is 26.9. The fraction of sp³-hybridized carbons (Fsp3) is 0.644. The molecular formula is C59H102N2O6P+. The van der Waals surface area contributed by atoms with Crippen molar-refractivity contribution in [3.05, 3.63) is 122 Å². The number of nitrogens with one attached hydrogen (secondary N) is 1. The Bertz CT molecular complexity index is 1510. The molecule has 0 bridgehead atoms. The lowest BCUT2D eigenvalue weighted by Gasteiger charge is -2.26. The van der Waals surface area contributed by atoms with E-state index in [1.807, 2.05) is 21.1 Å². The lowest BCUT2D eigenvalue weighted by Crippen LogP contribution is -2.46. The molecule has 3 unspecified atom stereocenters. The van der Waals surface area contributed by atoms with Crippen molar-refractivity contribution in [2.24, 2.45) is 0 Å². The number of phosphoric ester groups is 1. The Kier molecular flexibility index (Phi) is 46.7. The number of hydrogen-bond acceptors (Lipinski definition) is 5. The number of amides is 1. The van der Waals surface area contributed by atoms with Crippen molar-refractivity contribution in [2.45, 2.75) is 206 Å². The van der Waals surface area contributed by atoms with Crippen LogP contribution in [0.25, 0.3) is 0 Å². The highest BCUT2D eigenvalue weighted by Crippen LogP contribution is 2.43. The molecule has 1 amide bonds. The second kappa shape index (κ2) is 48.9. The van der Waals surface area contributed by atoms with Crippen molar-refractivity contribution in [1.29, 1.82) is 0 Å². The van der Waals surface area contributed by atoms with Crippen molar-refractivity contribution < 1.29 is 32.9 Å². The van der Waals surface area contributed by atoms with Crippen LogP contribution < -0.4 is 5.32 Å². The fourth-order valence-electron chi connectivity index (χ4n) is 7.01. The highest BCUT2D eigenvalue weighted by Gasteiger charge is 2.28. The zero-order valence-corrected chi connectivity index (χ0v) is 44.9. The summed E-state index contributed by atoms with van der Waals surface area (Å²) in [4.78, 5) is 23.2. The molecule has 0 aromatic carbocycles. The summed E-state index contributed by atoms with van der Waals surface area (Å²) >= 11 is 0. The number of allylic oxidation sites excluding steroid dienone is 20. The Labute approximate surface area is 418 Å². The minimum atomic E-state index is -4.33. The molecule has 68 heavy (non-hydrogen) atoms. The lowest BCUT2D eigenvalue weighted by molar-refractivity contribution is -0.870. The molecule has 3 N–H and O–H groups in total. The maximum Gasteiger partial charge on any atom is 0.472 e. The van der Waals surface area contributed by atoms with Gasteiger partial charge in [0.2, 0.25) is 5.91 Å². The lowest BCUT2D eigenvalue weighted by atomic mass is 10.0. The highest BCUT2D eigenvalue weighted by molar-refractivity contribution is 7.47. The molecular weight excluding hydrogens is 864 g/mol. The Morgan fingerprint density at radius 2 is 0.882 bits per heavy atom. The summed E-state index contributed by atoms with van der Waals surface area (Å²) in [5.41, 5.74) is 0. The van der Waals surface area contributed by atoms with Gasteiger partial charge in [-0.25, -0.2) is 4.57 Å². The monoisotopic (exact) mass is 966 g/mol. The molecule has 388 valence electrons. The molecule has 0 radical (unpaired) electrons. The minimum Gasteiger partial charge on any atom is -0.391 e. The number of carbonyl (C=O) groups excluding carboxylic acids is 1. The summed E-state index contributed by atoms with van der Waals surface area (Å²) < 4.78 is 23.6. The molecule has 0 heterocycles. The van der Waals surface area contributed by atoms with Crippen LogP contribution in [0.2, 0.25) is 0 Å². The van der Waals surface area contributed by atoms with Gasteiger partial charge in [-0.05, 0) is 89.9 Å². The second-order valence-electron chi connectivity index (χ2n) is 18.9. The largest absolute Gasteiger partial charge is 0.472 e. The first-order valence-corrected chi connectivity index (χ1v) is 28.4. The molecule has 3 atom stereocenters. The number of hydrogen-bond donors (Lipinski definition) is 3. The molecule has 0 aliphatic rings. The van der Waals surface area contributed by atoms with Gasteiger partial charge in [0, 0.05) is 6.42 Å². The van der Waals surface area contributed by atoms with Gasteiger partial charge in [0.05, 0.1) is 39.9 Å². The molecule has 8 nitrogen and oxygen atoms in total. The zero-order valence-electron chi connectivity index (χ0n) is 44.0. The van der Waals surface area contributed by atoms with E-state index in [-0.39, 0.29) is 19.1 Å². The Balaban J connectivity index is 4.21. The van der Waals surface area contributed by atoms with Crippen LogP contribution in [0, 0.1) is 0 Å². The van der Waals surface area contributed by atoms with Gasteiger partial charge >= 0.3 is 7.82 Å². The first kappa shape index (κ1) is 64.9. The predicted octanol–water partition coefficient (Wildman–Crippen LogP) is 16.2. The number of phosphoric acid groups is 1. The predicted molar refractivity (Wildman–Crippen MR) is 295 cm³/mol. The maximum atomic E-state index is 12.9. The number of quaternary nitrogens is 1. The van der Waals surface area contributed by atoms with Gasteiger partial charge in [-0.3, -0.25) is 13.8 Å². The van der Waals surface area contributed by atoms with E-state index in [1.165, 1.54) is 51.4 Å². The first-order chi connectivity index (χ1) is 33.0. The van der Waals surface area contributed by atoms with E-state index in [1.54, 1.807) is 0 Å². The van der Waals surface area contributed by atoms with E-state index in [0.29, 0.717) is 23.9 Å². The summed E-state index contributed by atoms with van der Waals surface area (Å²) in [5.74, 6) is -0.176. The van der Waals surface area contributed by atoms with E-state index < -0.39 is 20.0 Å². The van der Waals surface area contributed by atoms with E-state index in [9.17, 15) is 19.4 Å². The van der Waals surface area contributed by atoms with Crippen molar-refractivity contribution in [2.75, 3.05) is 40.9 Å². The minimum absolute atomic E-state index is 0.0625. The number of aliphatic hydroxyl groups is 1. The van der Waals surface area contributed by atoms with Crippen molar-refractivity contribution in [3.63, 3.8) is 0 Å². The van der Waals surface area contributed by atoms with Crippen LogP contribution in [0.3, 0.4) is 0 Å². The van der Waals surface area contributed by atoms with Gasteiger partial charge < -0.3 is 19.8 Å². The van der Waals surface area contributed by atoms with Gasteiger partial charge in [-0.15, -0.1) is 0 Å². The number of rotatable bonds is 47. The third-order valence-corrected chi connectivity index (χ3v) is 12.2. The van der Waals surface area contributed by atoms with Gasteiger partial charge in [-0.2, -0.15) is 0 Å². The number of unbranched alkanes of at least 4 members (excludes halogenated alkanes) is 14. The number of aliphatic hydroxyl groups excluding tert-OH is 1. The zero-order chi connectivity index (χ0) is 49.9. The summed E-state index contributed by atoms with van der Waals surface area (Å²) in [6, 6.07) is -0.782.